The second kappa shape index (κ2) is 7.35. The number of aromatic carboxylic acids is 1. The minimum Gasteiger partial charge on any atom is -0.505 e. The van der Waals surface area contributed by atoms with E-state index in [4.69, 9.17) is 11.6 Å². The first-order chi connectivity index (χ1) is 15.3. The molecule has 0 bridgehead atoms. The zero-order chi connectivity index (χ0) is 22.6. The van der Waals surface area contributed by atoms with Crippen molar-refractivity contribution in [3.63, 3.8) is 0 Å². The standard InChI is InChI=1S/C23H15ClFN3O4/c24-16-7-14-19(8-20(16)27-9-12-2-1-5-26-18(12)11-27)28(10-15(22(14)30)23(31)32)13-3-4-21(29)17(25)6-13/h1-8,10,29H,9,11H2,(H,31,32). The Kier molecular flexibility index (Phi) is 4.60. The number of halogens is 2. The molecule has 2 N–H and O–H groups in total. The normalized spacial score (nSPS) is 12.9. The summed E-state index contributed by atoms with van der Waals surface area (Å²) in [5.41, 5.74) is 2.04. The van der Waals surface area contributed by atoms with Gasteiger partial charge in [-0.1, -0.05) is 17.7 Å². The molecule has 0 aliphatic carbocycles. The number of hydrogen-bond donors (Lipinski definition) is 2. The molecule has 9 heteroatoms. The summed E-state index contributed by atoms with van der Waals surface area (Å²) in [4.78, 5) is 30.9. The van der Waals surface area contributed by atoms with Crippen molar-refractivity contribution in [2.45, 2.75) is 13.1 Å². The van der Waals surface area contributed by atoms with Crippen molar-refractivity contribution in [1.29, 1.82) is 0 Å². The molecule has 2 aromatic carbocycles. The van der Waals surface area contributed by atoms with E-state index in [1.807, 2.05) is 17.0 Å². The Morgan fingerprint density at radius 1 is 1.16 bits per heavy atom. The van der Waals surface area contributed by atoms with Gasteiger partial charge in [0, 0.05) is 36.1 Å². The Morgan fingerprint density at radius 2 is 1.97 bits per heavy atom. The Hall–Kier alpha value is -3.91. The number of benzene rings is 2. The van der Waals surface area contributed by atoms with Crippen LogP contribution in [0.3, 0.4) is 0 Å². The lowest BCUT2D eigenvalue weighted by atomic mass is 10.1. The van der Waals surface area contributed by atoms with Crippen molar-refractivity contribution in [2.24, 2.45) is 0 Å². The zero-order valence-corrected chi connectivity index (χ0v) is 17.2. The molecule has 0 saturated heterocycles. The number of nitrogens with zero attached hydrogens (tertiary/aromatic N) is 3. The van der Waals surface area contributed by atoms with E-state index in [1.165, 1.54) is 16.7 Å². The molecule has 1 aliphatic rings. The largest absolute Gasteiger partial charge is 0.505 e. The second-order valence-electron chi connectivity index (χ2n) is 7.47. The second-order valence-corrected chi connectivity index (χ2v) is 7.88. The number of phenolic OH excluding ortho intramolecular Hbond substituents is 1. The summed E-state index contributed by atoms with van der Waals surface area (Å²) >= 11 is 6.52. The molecule has 2 aromatic heterocycles. The smallest absolute Gasteiger partial charge is 0.341 e. The number of pyridine rings is 2. The summed E-state index contributed by atoms with van der Waals surface area (Å²) in [6.45, 7) is 1.09. The fourth-order valence-corrected chi connectivity index (χ4v) is 4.24. The minimum absolute atomic E-state index is 0.0852. The molecular formula is C23H15ClFN3O4. The Labute approximate surface area is 185 Å². The highest BCUT2D eigenvalue weighted by molar-refractivity contribution is 6.34. The van der Waals surface area contributed by atoms with E-state index in [0.29, 0.717) is 24.3 Å². The summed E-state index contributed by atoms with van der Waals surface area (Å²) in [6, 6.07) is 10.6. The van der Waals surface area contributed by atoms with Gasteiger partial charge in [-0.15, -0.1) is 0 Å². The lowest BCUT2D eigenvalue weighted by Gasteiger charge is -2.21. The van der Waals surface area contributed by atoms with Gasteiger partial charge in [0.25, 0.3) is 0 Å². The Balaban J connectivity index is 1.75. The van der Waals surface area contributed by atoms with Gasteiger partial charge in [0.2, 0.25) is 5.43 Å². The fraction of sp³-hybridized carbons (Fsp3) is 0.0870. The van der Waals surface area contributed by atoms with Crippen molar-refractivity contribution in [3.8, 4) is 11.4 Å². The number of carboxylic acid groups (broad SMARTS) is 1. The number of aromatic nitrogens is 2. The van der Waals surface area contributed by atoms with Crippen molar-refractivity contribution in [2.75, 3.05) is 4.90 Å². The van der Waals surface area contributed by atoms with Gasteiger partial charge in [-0.3, -0.25) is 9.78 Å². The SMILES string of the molecule is O=C(O)c1cn(-c2ccc(O)c(F)c2)c2cc(N3Cc4cccnc4C3)c(Cl)cc2c1=O. The van der Waals surface area contributed by atoms with Crippen LogP contribution in [-0.2, 0) is 13.1 Å². The van der Waals surface area contributed by atoms with E-state index in [1.54, 1.807) is 12.3 Å². The van der Waals surface area contributed by atoms with Crippen LogP contribution in [0, 0.1) is 5.82 Å². The van der Waals surface area contributed by atoms with Crippen LogP contribution in [-0.4, -0.2) is 25.7 Å². The first-order valence-corrected chi connectivity index (χ1v) is 10.00. The first-order valence-electron chi connectivity index (χ1n) is 9.62. The van der Waals surface area contributed by atoms with Crippen LogP contribution in [0.4, 0.5) is 10.1 Å². The Morgan fingerprint density at radius 3 is 2.69 bits per heavy atom. The van der Waals surface area contributed by atoms with E-state index >= 15 is 0 Å². The third kappa shape index (κ3) is 3.16. The number of carboxylic acids is 1. The van der Waals surface area contributed by atoms with Crippen LogP contribution in [0.2, 0.25) is 5.02 Å². The lowest BCUT2D eigenvalue weighted by molar-refractivity contribution is 0.0695. The van der Waals surface area contributed by atoms with Crippen LogP contribution < -0.4 is 10.3 Å². The molecular weight excluding hydrogens is 437 g/mol. The van der Waals surface area contributed by atoms with Crippen molar-refractivity contribution in [1.82, 2.24) is 9.55 Å². The van der Waals surface area contributed by atoms with Crippen molar-refractivity contribution < 1.29 is 19.4 Å². The molecule has 1 aliphatic heterocycles. The van der Waals surface area contributed by atoms with E-state index in [9.17, 15) is 24.2 Å². The fourth-order valence-electron chi connectivity index (χ4n) is 3.96. The van der Waals surface area contributed by atoms with Crippen LogP contribution in [0.25, 0.3) is 16.6 Å². The highest BCUT2D eigenvalue weighted by atomic mass is 35.5. The van der Waals surface area contributed by atoms with Gasteiger partial charge in [-0.25, -0.2) is 9.18 Å². The van der Waals surface area contributed by atoms with E-state index in [0.717, 1.165) is 29.6 Å². The maximum Gasteiger partial charge on any atom is 0.341 e. The third-order valence-electron chi connectivity index (χ3n) is 5.54. The predicted molar refractivity (Wildman–Crippen MR) is 117 cm³/mol. The lowest BCUT2D eigenvalue weighted by Crippen LogP contribution is -2.20. The molecule has 5 rings (SSSR count). The van der Waals surface area contributed by atoms with Crippen LogP contribution in [0.1, 0.15) is 21.6 Å². The molecule has 3 heterocycles. The Bertz CT molecular complexity index is 1460. The summed E-state index contributed by atoms with van der Waals surface area (Å²) in [6.07, 6.45) is 2.87. The number of anilines is 1. The van der Waals surface area contributed by atoms with Gasteiger partial charge in [0.15, 0.2) is 11.6 Å². The number of carbonyl (C=O) groups is 1. The van der Waals surface area contributed by atoms with E-state index < -0.39 is 28.5 Å². The van der Waals surface area contributed by atoms with Gasteiger partial charge < -0.3 is 19.7 Å². The van der Waals surface area contributed by atoms with Gasteiger partial charge >= 0.3 is 5.97 Å². The predicted octanol–water partition coefficient (Wildman–Crippen LogP) is 4.10. The molecule has 0 saturated carbocycles. The molecule has 4 aromatic rings. The topological polar surface area (TPSA) is 95.7 Å². The number of aromatic hydroxyl groups is 1. The molecule has 7 nitrogen and oxygen atoms in total. The van der Waals surface area contributed by atoms with E-state index in [-0.39, 0.29) is 16.1 Å². The molecule has 32 heavy (non-hydrogen) atoms. The van der Waals surface area contributed by atoms with Gasteiger partial charge in [0.1, 0.15) is 5.56 Å². The number of rotatable bonds is 3. The van der Waals surface area contributed by atoms with E-state index in [2.05, 4.69) is 4.98 Å². The summed E-state index contributed by atoms with van der Waals surface area (Å²) < 4.78 is 15.5. The highest BCUT2D eigenvalue weighted by Gasteiger charge is 2.24. The average Bonchev–Trinajstić information content (AvgIpc) is 3.20. The minimum atomic E-state index is -1.41. The van der Waals surface area contributed by atoms with Crippen LogP contribution in [0.5, 0.6) is 5.75 Å². The molecule has 0 spiro atoms. The zero-order valence-electron chi connectivity index (χ0n) is 16.4. The number of phenols is 1. The monoisotopic (exact) mass is 451 g/mol. The van der Waals surface area contributed by atoms with Gasteiger partial charge in [-0.2, -0.15) is 0 Å². The molecule has 0 amide bonds. The third-order valence-corrected chi connectivity index (χ3v) is 5.84. The summed E-state index contributed by atoms with van der Waals surface area (Å²) in [7, 11) is 0. The molecule has 0 unspecified atom stereocenters. The first kappa shape index (κ1) is 20.0. The molecule has 0 fully saturated rings. The summed E-state index contributed by atoms with van der Waals surface area (Å²) in [5.74, 6) is -2.82. The number of fused-ring (bicyclic) bond motifs is 2. The molecule has 160 valence electrons. The average molecular weight is 452 g/mol. The summed E-state index contributed by atoms with van der Waals surface area (Å²) in [5, 5.41) is 19.4. The van der Waals surface area contributed by atoms with Gasteiger partial charge in [-0.05, 0) is 35.9 Å². The number of hydrogen-bond acceptors (Lipinski definition) is 5. The van der Waals surface area contributed by atoms with Crippen molar-refractivity contribution in [3.05, 3.63) is 92.7 Å². The maximum atomic E-state index is 14.1. The molecule has 0 atom stereocenters. The van der Waals surface area contributed by atoms with Gasteiger partial charge in [0.05, 0.1) is 28.5 Å². The molecule has 0 radical (unpaired) electrons. The highest BCUT2D eigenvalue weighted by Crippen LogP contribution is 2.36. The van der Waals surface area contributed by atoms with Crippen LogP contribution in [0.15, 0.2) is 59.7 Å². The van der Waals surface area contributed by atoms with Crippen LogP contribution >= 0.6 is 11.6 Å². The quantitative estimate of drug-likeness (QED) is 0.487. The maximum absolute atomic E-state index is 14.1. The van der Waals surface area contributed by atoms with Crippen molar-refractivity contribution >= 4 is 34.2 Å².